The minimum atomic E-state index is -0.410. The summed E-state index contributed by atoms with van der Waals surface area (Å²) in [6.07, 6.45) is 1.40. The highest BCUT2D eigenvalue weighted by molar-refractivity contribution is 6.30. The fourth-order valence-electron chi connectivity index (χ4n) is 4.08. The SMILES string of the molecule is O=C(c1ccc(F)cc1)N(c1ccc(F)cc1)C1CCN(Cc2cc(Cl)ccc2O)CC1. The molecule has 1 amide bonds. The Balaban J connectivity index is 1.52. The lowest BCUT2D eigenvalue weighted by Crippen LogP contribution is -2.47. The monoisotopic (exact) mass is 456 g/mol. The van der Waals surface area contributed by atoms with Crippen LogP contribution in [0.2, 0.25) is 5.02 Å². The standard InChI is InChI=1S/C25H23ClF2N2O2/c26-19-3-10-24(31)18(15-19)16-29-13-11-23(12-14-29)30(22-8-6-21(28)7-9-22)25(32)17-1-4-20(27)5-2-17/h1-10,15,23,31H,11-14,16H2. The Morgan fingerprint density at radius 3 is 2.19 bits per heavy atom. The molecule has 1 heterocycles. The van der Waals surface area contributed by atoms with Gasteiger partial charge in [-0.3, -0.25) is 9.69 Å². The van der Waals surface area contributed by atoms with Crippen LogP contribution < -0.4 is 4.90 Å². The summed E-state index contributed by atoms with van der Waals surface area (Å²) in [5.41, 5.74) is 1.74. The molecule has 0 radical (unpaired) electrons. The third kappa shape index (κ3) is 5.09. The predicted octanol–water partition coefficient (Wildman–Crippen LogP) is 5.64. The second-order valence-electron chi connectivity index (χ2n) is 7.94. The van der Waals surface area contributed by atoms with Crippen LogP contribution in [0.25, 0.3) is 0 Å². The number of nitrogens with zero attached hydrogens (tertiary/aromatic N) is 2. The lowest BCUT2D eigenvalue weighted by molar-refractivity contribution is 0.0958. The number of hydrogen-bond donors (Lipinski definition) is 1. The fraction of sp³-hybridized carbons (Fsp3) is 0.240. The third-order valence-corrected chi connectivity index (χ3v) is 6.01. The first-order valence-corrected chi connectivity index (χ1v) is 10.8. The Labute approximate surface area is 190 Å². The van der Waals surface area contributed by atoms with Gasteiger partial charge in [-0.1, -0.05) is 11.6 Å². The maximum Gasteiger partial charge on any atom is 0.258 e. The summed E-state index contributed by atoms with van der Waals surface area (Å²) in [6.45, 7) is 1.98. The van der Waals surface area contributed by atoms with E-state index in [9.17, 15) is 18.7 Å². The summed E-state index contributed by atoms with van der Waals surface area (Å²) in [6, 6.07) is 16.2. The quantitative estimate of drug-likeness (QED) is 0.540. The fourth-order valence-corrected chi connectivity index (χ4v) is 4.28. The van der Waals surface area contributed by atoms with Gasteiger partial charge in [0.25, 0.3) is 5.91 Å². The van der Waals surface area contributed by atoms with Gasteiger partial charge in [0.05, 0.1) is 0 Å². The Morgan fingerprint density at radius 1 is 0.969 bits per heavy atom. The van der Waals surface area contributed by atoms with Crippen molar-refractivity contribution in [2.75, 3.05) is 18.0 Å². The van der Waals surface area contributed by atoms with Crippen molar-refractivity contribution in [2.24, 2.45) is 0 Å². The number of aromatic hydroxyl groups is 1. The highest BCUT2D eigenvalue weighted by Gasteiger charge is 2.30. The van der Waals surface area contributed by atoms with E-state index in [1.807, 2.05) is 0 Å². The van der Waals surface area contributed by atoms with E-state index in [0.29, 0.717) is 48.7 Å². The van der Waals surface area contributed by atoms with E-state index in [2.05, 4.69) is 4.90 Å². The van der Waals surface area contributed by atoms with Crippen LogP contribution in [-0.2, 0) is 6.54 Å². The molecule has 3 aromatic rings. The van der Waals surface area contributed by atoms with Gasteiger partial charge in [0.15, 0.2) is 0 Å². The average Bonchev–Trinajstić information content (AvgIpc) is 2.79. The average molecular weight is 457 g/mol. The zero-order valence-electron chi connectivity index (χ0n) is 17.3. The Kier molecular flexibility index (Phi) is 6.72. The third-order valence-electron chi connectivity index (χ3n) is 5.77. The number of amides is 1. The van der Waals surface area contributed by atoms with E-state index in [1.165, 1.54) is 36.4 Å². The van der Waals surface area contributed by atoms with E-state index in [-0.39, 0.29) is 23.5 Å². The molecule has 0 bridgehead atoms. The van der Waals surface area contributed by atoms with Crippen molar-refractivity contribution in [3.63, 3.8) is 0 Å². The van der Waals surface area contributed by atoms with Crippen LogP contribution in [0.3, 0.4) is 0 Å². The molecule has 1 saturated heterocycles. The summed E-state index contributed by atoms with van der Waals surface area (Å²) in [7, 11) is 0. The van der Waals surface area contributed by atoms with Gasteiger partial charge in [0, 0.05) is 47.5 Å². The molecule has 1 aliphatic heterocycles. The predicted molar refractivity (Wildman–Crippen MR) is 121 cm³/mol. The molecular formula is C25H23ClF2N2O2. The number of hydrogen-bond acceptors (Lipinski definition) is 3. The molecular weight excluding hydrogens is 434 g/mol. The van der Waals surface area contributed by atoms with Gasteiger partial charge in [-0.2, -0.15) is 0 Å². The van der Waals surface area contributed by atoms with Gasteiger partial charge < -0.3 is 10.0 Å². The second-order valence-corrected chi connectivity index (χ2v) is 8.38. The number of anilines is 1. The highest BCUT2D eigenvalue weighted by Crippen LogP contribution is 2.29. The number of piperidine rings is 1. The molecule has 1 fully saturated rings. The van der Waals surface area contributed by atoms with Crippen molar-refractivity contribution in [3.8, 4) is 5.75 Å². The summed E-state index contributed by atoms with van der Waals surface area (Å²) in [5.74, 6) is -0.829. The van der Waals surface area contributed by atoms with E-state index < -0.39 is 5.82 Å². The minimum Gasteiger partial charge on any atom is -0.508 e. The molecule has 0 spiro atoms. The van der Waals surface area contributed by atoms with Crippen LogP contribution in [0.5, 0.6) is 5.75 Å². The van der Waals surface area contributed by atoms with Gasteiger partial charge in [0.2, 0.25) is 0 Å². The number of benzene rings is 3. The van der Waals surface area contributed by atoms with Crippen LogP contribution in [0.15, 0.2) is 66.7 Å². The Bertz CT molecular complexity index is 1080. The van der Waals surface area contributed by atoms with E-state index in [4.69, 9.17) is 11.6 Å². The van der Waals surface area contributed by atoms with Crippen molar-refractivity contribution in [2.45, 2.75) is 25.4 Å². The first-order valence-electron chi connectivity index (χ1n) is 10.4. The maximum atomic E-state index is 13.5. The maximum absolute atomic E-state index is 13.5. The molecule has 166 valence electrons. The van der Waals surface area contributed by atoms with Crippen molar-refractivity contribution < 1.29 is 18.7 Å². The van der Waals surface area contributed by atoms with Crippen LogP contribution in [0.1, 0.15) is 28.8 Å². The molecule has 0 aromatic heterocycles. The number of phenols is 1. The smallest absolute Gasteiger partial charge is 0.258 e. The number of rotatable bonds is 5. The number of likely N-dealkylation sites (tertiary alicyclic amines) is 1. The van der Waals surface area contributed by atoms with E-state index >= 15 is 0 Å². The highest BCUT2D eigenvalue weighted by atomic mass is 35.5. The van der Waals surface area contributed by atoms with Crippen LogP contribution >= 0.6 is 11.6 Å². The summed E-state index contributed by atoms with van der Waals surface area (Å²) >= 11 is 6.06. The zero-order valence-corrected chi connectivity index (χ0v) is 18.1. The second kappa shape index (κ2) is 9.67. The van der Waals surface area contributed by atoms with Crippen molar-refractivity contribution in [1.82, 2.24) is 4.90 Å². The molecule has 1 N–H and O–H groups in total. The molecule has 4 nitrogen and oxygen atoms in total. The van der Waals surface area contributed by atoms with Gasteiger partial charge >= 0.3 is 0 Å². The molecule has 3 aromatic carbocycles. The number of phenolic OH excluding ortho intramolecular Hbond substituents is 1. The van der Waals surface area contributed by atoms with Gasteiger partial charge in [0.1, 0.15) is 17.4 Å². The summed E-state index contributed by atoms with van der Waals surface area (Å²) < 4.78 is 26.8. The largest absolute Gasteiger partial charge is 0.508 e. The first kappa shape index (κ1) is 22.2. The molecule has 4 rings (SSSR count). The van der Waals surface area contributed by atoms with Gasteiger partial charge in [-0.25, -0.2) is 8.78 Å². The molecule has 0 unspecified atom stereocenters. The molecule has 0 atom stereocenters. The number of carbonyl (C=O) groups excluding carboxylic acids is 1. The summed E-state index contributed by atoms with van der Waals surface area (Å²) in [5, 5.41) is 10.7. The lowest BCUT2D eigenvalue weighted by Gasteiger charge is -2.38. The molecule has 0 aliphatic carbocycles. The van der Waals surface area contributed by atoms with E-state index in [1.54, 1.807) is 35.2 Å². The van der Waals surface area contributed by atoms with Crippen molar-refractivity contribution >= 4 is 23.2 Å². The van der Waals surface area contributed by atoms with Crippen LogP contribution in [0.4, 0.5) is 14.5 Å². The van der Waals surface area contributed by atoms with Crippen molar-refractivity contribution in [3.05, 3.63) is 94.5 Å². The van der Waals surface area contributed by atoms with Crippen molar-refractivity contribution in [1.29, 1.82) is 0 Å². The lowest BCUT2D eigenvalue weighted by atomic mass is 10.00. The Morgan fingerprint density at radius 2 is 1.56 bits per heavy atom. The Hall–Kier alpha value is -2.96. The molecule has 32 heavy (non-hydrogen) atoms. The molecule has 1 aliphatic rings. The topological polar surface area (TPSA) is 43.8 Å². The number of halogens is 3. The van der Waals surface area contributed by atoms with Gasteiger partial charge in [-0.05, 0) is 79.6 Å². The normalized spacial score (nSPS) is 15.0. The van der Waals surface area contributed by atoms with Gasteiger partial charge in [-0.15, -0.1) is 0 Å². The number of carbonyl (C=O) groups is 1. The molecule has 0 saturated carbocycles. The minimum absolute atomic E-state index is 0.0952. The van der Waals surface area contributed by atoms with Crippen LogP contribution in [-0.4, -0.2) is 35.0 Å². The first-order chi connectivity index (χ1) is 15.4. The molecule has 7 heteroatoms. The zero-order chi connectivity index (χ0) is 22.7. The van der Waals surface area contributed by atoms with E-state index in [0.717, 1.165) is 5.56 Å². The van der Waals surface area contributed by atoms with Crippen LogP contribution in [0, 0.1) is 11.6 Å². The summed E-state index contributed by atoms with van der Waals surface area (Å²) in [4.78, 5) is 17.2.